The summed E-state index contributed by atoms with van der Waals surface area (Å²) in [5.41, 5.74) is 2.42. The highest BCUT2D eigenvalue weighted by molar-refractivity contribution is 5.85. The largest absolute Gasteiger partial charge is 0.492 e. The Kier molecular flexibility index (Phi) is 6.37. The molecule has 0 spiro atoms. The van der Waals surface area contributed by atoms with Gasteiger partial charge >= 0.3 is 0 Å². The zero-order valence-corrected chi connectivity index (χ0v) is 10.7. The lowest BCUT2D eigenvalue weighted by atomic mass is 10.1. The minimum absolute atomic E-state index is 0. The first-order chi connectivity index (χ1) is 6.61. The van der Waals surface area contributed by atoms with Crippen LogP contribution < -0.4 is 4.74 Å². The molecule has 3 heteroatoms. The maximum absolute atomic E-state index is 5.74. The number of aryl methyl sites for hydroxylation is 2. The summed E-state index contributed by atoms with van der Waals surface area (Å²) in [4.78, 5) is 2.12. The van der Waals surface area contributed by atoms with E-state index >= 15 is 0 Å². The predicted molar refractivity (Wildman–Crippen MR) is 67.2 cm³/mol. The molecule has 86 valence electrons. The van der Waals surface area contributed by atoms with Gasteiger partial charge in [-0.25, -0.2) is 0 Å². The second-order valence-corrected chi connectivity index (χ2v) is 3.87. The summed E-state index contributed by atoms with van der Waals surface area (Å²) in [6, 6.07) is 6.22. The van der Waals surface area contributed by atoms with Gasteiger partial charge in [-0.2, -0.15) is 0 Å². The number of hydrogen-bond acceptors (Lipinski definition) is 2. The molecule has 0 aliphatic rings. The molecule has 15 heavy (non-hydrogen) atoms. The van der Waals surface area contributed by atoms with E-state index in [1.54, 1.807) is 0 Å². The Labute approximate surface area is 98.6 Å². The van der Waals surface area contributed by atoms with Crippen LogP contribution in [0.4, 0.5) is 0 Å². The molecule has 1 rings (SSSR count). The van der Waals surface area contributed by atoms with Crippen molar-refractivity contribution < 1.29 is 4.74 Å². The van der Waals surface area contributed by atoms with E-state index in [9.17, 15) is 0 Å². The molecule has 0 aliphatic carbocycles. The van der Waals surface area contributed by atoms with E-state index in [1.165, 1.54) is 11.1 Å². The smallest absolute Gasteiger partial charge is 0.125 e. The predicted octanol–water partition coefficient (Wildman–Crippen LogP) is 2.67. The van der Waals surface area contributed by atoms with Crippen molar-refractivity contribution in [2.24, 2.45) is 0 Å². The van der Waals surface area contributed by atoms with Gasteiger partial charge in [-0.3, -0.25) is 0 Å². The lowest BCUT2D eigenvalue weighted by Gasteiger charge is -2.14. The number of nitrogens with zero attached hydrogens (tertiary/aromatic N) is 1. The van der Waals surface area contributed by atoms with Crippen molar-refractivity contribution in [1.82, 2.24) is 4.90 Å². The van der Waals surface area contributed by atoms with Gasteiger partial charge in [0.15, 0.2) is 0 Å². The van der Waals surface area contributed by atoms with Crippen LogP contribution in [-0.2, 0) is 0 Å². The average Bonchev–Trinajstić information content (AvgIpc) is 2.09. The number of ether oxygens (including phenoxy) is 1. The van der Waals surface area contributed by atoms with Gasteiger partial charge < -0.3 is 9.64 Å². The minimum Gasteiger partial charge on any atom is -0.492 e. The van der Waals surface area contributed by atoms with Crippen LogP contribution in [0.3, 0.4) is 0 Å². The van der Waals surface area contributed by atoms with Gasteiger partial charge in [0.1, 0.15) is 12.4 Å². The third-order valence-corrected chi connectivity index (χ3v) is 2.19. The molecule has 0 amide bonds. The third-order valence-electron chi connectivity index (χ3n) is 2.19. The van der Waals surface area contributed by atoms with Crippen molar-refractivity contribution >= 4 is 12.4 Å². The van der Waals surface area contributed by atoms with Crippen LogP contribution in [0.15, 0.2) is 18.2 Å². The minimum atomic E-state index is 0. The lowest BCUT2D eigenvalue weighted by molar-refractivity contribution is 0.259. The maximum Gasteiger partial charge on any atom is 0.125 e. The van der Waals surface area contributed by atoms with E-state index in [0.717, 1.165) is 18.9 Å². The molecule has 0 atom stereocenters. The van der Waals surface area contributed by atoms with E-state index in [-0.39, 0.29) is 12.4 Å². The highest BCUT2D eigenvalue weighted by Crippen LogP contribution is 2.21. The zero-order chi connectivity index (χ0) is 10.6. The highest BCUT2D eigenvalue weighted by Gasteiger charge is 2.02. The second-order valence-electron chi connectivity index (χ2n) is 3.87. The fourth-order valence-corrected chi connectivity index (χ4v) is 1.36. The molecule has 0 aromatic heterocycles. The summed E-state index contributed by atoms with van der Waals surface area (Å²) in [5, 5.41) is 0. The molecule has 0 saturated heterocycles. The first-order valence-electron chi connectivity index (χ1n) is 4.95. The summed E-state index contributed by atoms with van der Waals surface area (Å²) in [6.45, 7) is 5.86. The zero-order valence-electron chi connectivity index (χ0n) is 9.91. The monoisotopic (exact) mass is 229 g/mol. The number of para-hydroxylation sites is 1. The standard InChI is InChI=1S/C12H19NO.ClH/c1-10-6-5-7-11(2)12(10)14-9-8-13(3)4;/h5-7H,8-9H2,1-4H3;1H. The molecule has 0 unspecified atom stereocenters. The molecule has 2 nitrogen and oxygen atoms in total. The molecule has 0 saturated carbocycles. The molecule has 0 bridgehead atoms. The number of halogens is 1. The molecule has 0 fully saturated rings. The Hall–Kier alpha value is -0.730. The maximum atomic E-state index is 5.74. The molecular formula is C12H20ClNO. The topological polar surface area (TPSA) is 12.5 Å². The van der Waals surface area contributed by atoms with Crippen LogP contribution >= 0.6 is 12.4 Å². The van der Waals surface area contributed by atoms with E-state index < -0.39 is 0 Å². The summed E-state index contributed by atoms with van der Waals surface area (Å²) >= 11 is 0. The fourth-order valence-electron chi connectivity index (χ4n) is 1.36. The number of benzene rings is 1. The Morgan fingerprint density at radius 3 is 2.13 bits per heavy atom. The molecular weight excluding hydrogens is 210 g/mol. The SMILES string of the molecule is Cc1cccc(C)c1OCCN(C)C.Cl. The second kappa shape index (κ2) is 6.70. The van der Waals surface area contributed by atoms with Crippen molar-refractivity contribution in [2.45, 2.75) is 13.8 Å². The molecule has 0 N–H and O–H groups in total. The molecule has 1 aromatic rings. The van der Waals surface area contributed by atoms with E-state index in [0.29, 0.717) is 0 Å². The van der Waals surface area contributed by atoms with Gasteiger partial charge in [-0.05, 0) is 39.1 Å². The van der Waals surface area contributed by atoms with Crippen molar-refractivity contribution in [3.05, 3.63) is 29.3 Å². The average molecular weight is 230 g/mol. The number of likely N-dealkylation sites (N-methyl/N-ethyl adjacent to an activating group) is 1. The van der Waals surface area contributed by atoms with Gasteiger partial charge in [0.05, 0.1) is 0 Å². The van der Waals surface area contributed by atoms with Gasteiger partial charge in [0.2, 0.25) is 0 Å². The normalized spacial score (nSPS) is 9.93. The molecule has 0 radical (unpaired) electrons. The Morgan fingerprint density at radius 1 is 1.13 bits per heavy atom. The van der Waals surface area contributed by atoms with Crippen LogP contribution in [0.2, 0.25) is 0 Å². The summed E-state index contributed by atoms with van der Waals surface area (Å²) in [7, 11) is 4.10. The van der Waals surface area contributed by atoms with Crippen LogP contribution in [-0.4, -0.2) is 32.1 Å². The number of rotatable bonds is 4. The first-order valence-corrected chi connectivity index (χ1v) is 4.95. The number of hydrogen-bond donors (Lipinski definition) is 0. The van der Waals surface area contributed by atoms with Crippen LogP contribution in [0.25, 0.3) is 0 Å². The van der Waals surface area contributed by atoms with Gasteiger partial charge in [-0.15, -0.1) is 12.4 Å². The van der Waals surface area contributed by atoms with Crippen LogP contribution in [0, 0.1) is 13.8 Å². The Morgan fingerprint density at radius 2 is 1.67 bits per heavy atom. The van der Waals surface area contributed by atoms with Crippen molar-refractivity contribution in [2.75, 3.05) is 27.2 Å². The highest BCUT2D eigenvalue weighted by atomic mass is 35.5. The van der Waals surface area contributed by atoms with E-state index in [2.05, 4.69) is 36.9 Å². The van der Waals surface area contributed by atoms with Crippen LogP contribution in [0.5, 0.6) is 5.75 Å². The Balaban J connectivity index is 0.00000196. The molecule has 0 aliphatic heterocycles. The summed E-state index contributed by atoms with van der Waals surface area (Å²) in [5.74, 6) is 1.04. The molecule has 0 heterocycles. The Bertz CT molecular complexity index is 279. The fraction of sp³-hybridized carbons (Fsp3) is 0.500. The van der Waals surface area contributed by atoms with Gasteiger partial charge in [-0.1, -0.05) is 18.2 Å². The van der Waals surface area contributed by atoms with E-state index in [1.807, 2.05) is 14.1 Å². The van der Waals surface area contributed by atoms with Crippen molar-refractivity contribution in [3.8, 4) is 5.75 Å². The van der Waals surface area contributed by atoms with Gasteiger partial charge in [0.25, 0.3) is 0 Å². The van der Waals surface area contributed by atoms with Crippen molar-refractivity contribution in [3.63, 3.8) is 0 Å². The third kappa shape index (κ3) is 4.54. The first kappa shape index (κ1) is 14.3. The van der Waals surface area contributed by atoms with Crippen molar-refractivity contribution in [1.29, 1.82) is 0 Å². The van der Waals surface area contributed by atoms with E-state index in [4.69, 9.17) is 4.74 Å². The quantitative estimate of drug-likeness (QED) is 0.787. The lowest BCUT2D eigenvalue weighted by Crippen LogP contribution is -2.19. The summed E-state index contributed by atoms with van der Waals surface area (Å²) in [6.07, 6.45) is 0. The van der Waals surface area contributed by atoms with Gasteiger partial charge in [0, 0.05) is 6.54 Å². The van der Waals surface area contributed by atoms with Crippen LogP contribution in [0.1, 0.15) is 11.1 Å². The molecule has 1 aromatic carbocycles. The summed E-state index contributed by atoms with van der Waals surface area (Å²) < 4.78 is 5.74.